The van der Waals surface area contributed by atoms with E-state index < -0.39 is 21.4 Å². The zero-order valence-electron chi connectivity index (χ0n) is 12.9. The fourth-order valence-corrected chi connectivity index (χ4v) is 4.13. The maximum absolute atomic E-state index is 12.1. The van der Waals surface area contributed by atoms with Gasteiger partial charge in [-0.2, -0.15) is 0 Å². The molecule has 0 saturated carbocycles. The molecule has 0 aromatic carbocycles. The van der Waals surface area contributed by atoms with E-state index in [0.717, 1.165) is 19.1 Å². The number of sulfonamides is 1. The molecule has 0 spiro atoms. The third-order valence-electron chi connectivity index (χ3n) is 4.57. The van der Waals surface area contributed by atoms with Gasteiger partial charge in [0, 0.05) is 38.6 Å². The number of urea groups is 1. The number of aliphatic carboxylic acids is 1. The Bertz CT molecular complexity index is 564. The molecular formula is C13H23N3O5S. The first-order valence-corrected chi connectivity index (χ1v) is 9.27. The number of hydrogen-bond acceptors (Lipinski definition) is 4. The Hall–Kier alpha value is -1.35. The molecule has 2 rings (SSSR count). The highest BCUT2D eigenvalue weighted by atomic mass is 32.2. The molecule has 9 heteroatoms. The summed E-state index contributed by atoms with van der Waals surface area (Å²) < 4.78 is 24.5. The first-order chi connectivity index (χ1) is 10.2. The first kappa shape index (κ1) is 17.0. The van der Waals surface area contributed by atoms with Gasteiger partial charge in [0.15, 0.2) is 0 Å². The van der Waals surface area contributed by atoms with E-state index in [1.54, 1.807) is 0 Å². The lowest BCUT2D eigenvalue weighted by atomic mass is 9.81. The summed E-state index contributed by atoms with van der Waals surface area (Å²) in [7, 11) is -3.42. The standard InChI is InChI=1S/C13H23N3O5S/c1-3-4-5-14-12(19)15-6-10-7-16(22(2,20)21)9-13(10,8-15)11(17)18/h10H,3-9H2,1-2H3,(H,14,19)(H,17,18)/t10-,13-/m1/s1. The normalized spacial score (nSPS) is 28.6. The van der Waals surface area contributed by atoms with Crippen LogP contribution in [0.25, 0.3) is 0 Å². The topological polar surface area (TPSA) is 107 Å². The van der Waals surface area contributed by atoms with Gasteiger partial charge in [-0.3, -0.25) is 4.79 Å². The van der Waals surface area contributed by atoms with Gasteiger partial charge in [0.1, 0.15) is 5.41 Å². The third kappa shape index (κ3) is 3.05. The van der Waals surface area contributed by atoms with Gasteiger partial charge in [0.25, 0.3) is 0 Å². The first-order valence-electron chi connectivity index (χ1n) is 7.42. The van der Waals surface area contributed by atoms with E-state index in [0.29, 0.717) is 6.54 Å². The Morgan fingerprint density at radius 3 is 2.50 bits per heavy atom. The number of hydrogen-bond donors (Lipinski definition) is 2. The van der Waals surface area contributed by atoms with Crippen molar-refractivity contribution in [2.45, 2.75) is 19.8 Å². The molecule has 0 bridgehead atoms. The molecule has 2 atom stereocenters. The number of carboxylic acids is 1. The monoisotopic (exact) mass is 333 g/mol. The quantitative estimate of drug-likeness (QED) is 0.676. The van der Waals surface area contributed by atoms with Crippen molar-refractivity contribution in [2.75, 3.05) is 39.0 Å². The van der Waals surface area contributed by atoms with Crippen LogP contribution in [0.5, 0.6) is 0 Å². The number of amides is 2. The van der Waals surface area contributed by atoms with Crippen molar-refractivity contribution in [3.8, 4) is 0 Å². The molecule has 126 valence electrons. The van der Waals surface area contributed by atoms with Crippen LogP contribution in [0.4, 0.5) is 4.79 Å². The van der Waals surface area contributed by atoms with Gasteiger partial charge in [-0.1, -0.05) is 13.3 Å². The zero-order valence-corrected chi connectivity index (χ0v) is 13.7. The minimum atomic E-state index is -3.42. The maximum Gasteiger partial charge on any atom is 0.317 e. The van der Waals surface area contributed by atoms with Crippen molar-refractivity contribution in [3.05, 3.63) is 0 Å². The van der Waals surface area contributed by atoms with E-state index in [1.165, 1.54) is 9.21 Å². The number of carbonyl (C=O) groups excluding carboxylic acids is 1. The molecule has 2 N–H and O–H groups in total. The molecule has 2 heterocycles. The van der Waals surface area contributed by atoms with Gasteiger partial charge in [-0.15, -0.1) is 0 Å². The molecule has 8 nitrogen and oxygen atoms in total. The number of carboxylic acid groups (broad SMARTS) is 1. The smallest absolute Gasteiger partial charge is 0.317 e. The predicted molar refractivity (Wildman–Crippen MR) is 79.9 cm³/mol. The van der Waals surface area contributed by atoms with Gasteiger partial charge in [0.05, 0.1) is 6.26 Å². The minimum Gasteiger partial charge on any atom is -0.481 e. The number of fused-ring (bicyclic) bond motifs is 1. The number of carbonyl (C=O) groups is 2. The van der Waals surface area contributed by atoms with Crippen molar-refractivity contribution >= 4 is 22.0 Å². The summed E-state index contributed by atoms with van der Waals surface area (Å²) in [6, 6.07) is -0.269. The molecule has 22 heavy (non-hydrogen) atoms. The van der Waals surface area contributed by atoms with Crippen LogP contribution in [0.15, 0.2) is 0 Å². The summed E-state index contributed by atoms with van der Waals surface area (Å²) in [6.07, 6.45) is 2.92. The summed E-state index contributed by atoms with van der Waals surface area (Å²) in [6.45, 7) is 3.00. The molecule has 2 aliphatic heterocycles. The van der Waals surface area contributed by atoms with Crippen LogP contribution < -0.4 is 5.32 Å². The van der Waals surface area contributed by atoms with Crippen LogP contribution in [-0.4, -0.2) is 73.7 Å². The Kier molecular flexibility index (Phi) is 4.67. The Morgan fingerprint density at radius 1 is 1.32 bits per heavy atom. The molecule has 0 aliphatic carbocycles. The molecule has 2 aliphatic rings. The lowest BCUT2D eigenvalue weighted by molar-refractivity contribution is -0.148. The Labute approximate surface area is 130 Å². The maximum atomic E-state index is 12.1. The molecule has 0 unspecified atom stereocenters. The number of likely N-dealkylation sites (tertiary alicyclic amines) is 1. The van der Waals surface area contributed by atoms with Gasteiger partial charge in [-0.05, 0) is 6.42 Å². The molecule has 0 aromatic rings. The van der Waals surface area contributed by atoms with Crippen LogP contribution in [-0.2, 0) is 14.8 Å². The van der Waals surface area contributed by atoms with Gasteiger partial charge in [0.2, 0.25) is 10.0 Å². The highest BCUT2D eigenvalue weighted by molar-refractivity contribution is 7.88. The Balaban J connectivity index is 2.08. The van der Waals surface area contributed by atoms with E-state index in [2.05, 4.69) is 5.32 Å². The van der Waals surface area contributed by atoms with Gasteiger partial charge < -0.3 is 15.3 Å². The molecular weight excluding hydrogens is 310 g/mol. The van der Waals surface area contributed by atoms with Crippen LogP contribution >= 0.6 is 0 Å². The van der Waals surface area contributed by atoms with Gasteiger partial charge >= 0.3 is 12.0 Å². The average molecular weight is 333 g/mol. The average Bonchev–Trinajstić information content (AvgIpc) is 2.92. The van der Waals surface area contributed by atoms with E-state index >= 15 is 0 Å². The number of unbranched alkanes of at least 4 members (excludes halogenated alkanes) is 1. The van der Waals surface area contributed by atoms with E-state index in [4.69, 9.17) is 0 Å². The van der Waals surface area contributed by atoms with E-state index in [9.17, 15) is 23.1 Å². The Morgan fingerprint density at radius 2 is 2.00 bits per heavy atom. The summed E-state index contributed by atoms with van der Waals surface area (Å²) in [5.41, 5.74) is -1.19. The SMILES string of the molecule is CCCCNC(=O)N1C[C@@H]2CN(S(C)(=O)=O)C[C@]2(C(=O)O)C1. The number of rotatable bonds is 5. The highest BCUT2D eigenvalue weighted by Gasteiger charge is 2.60. The summed E-state index contributed by atoms with van der Waals surface area (Å²) >= 11 is 0. The third-order valence-corrected chi connectivity index (χ3v) is 5.78. The molecule has 2 amide bonds. The van der Waals surface area contributed by atoms with Crippen molar-refractivity contribution in [2.24, 2.45) is 11.3 Å². The van der Waals surface area contributed by atoms with Crippen LogP contribution in [0.3, 0.4) is 0 Å². The fourth-order valence-electron chi connectivity index (χ4n) is 3.21. The summed E-state index contributed by atoms with van der Waals surface area (Å²) in [5, 5.41) is 12.4. The van der Waals surface area contributed by atoms with Crippen LogP contribution in [0.2, 0.25) is 0 Å². The van der Waals surface area contributed by atoms with Crippen molar-refractivity contribution in [3.63, 3.8) is 0 Å². The van der Waals surface area contributed by atoms with Crippen molar-refractivity contribution < 1.29 is 23.1 Å². The lowest BCUT2D eigenvalue weighted by Crippen LogP contribution is -2.45. The molecule has 2 fully saturated rings. The largest absolute Gasteiger partial charge is 0.481 e. The number of nitrogens with zero attached hydrogens (tertiary/aromatic N) is 2. The zero-order chi connectivity index (χ0) is 16.5. The predicted octanol–water partition coefficient (Wildman–Crippen LogP) is -0.226. The summed E-state index contributed by atoms with van der Waals surface area (Å²) in [4.78, 5) is 25.3. The second-order valence-corrected chi connectivity index (χ2v) is 8.16. The second-order valence-electron chi connectivity index (χ2n) is 6.18. The minimum absolute atomic E-state index is 0.0526. The van der Waals surface area contributed by atoms with Gasteiger partial charge in [-0.25, -0.2) is 17.5 Å². The molecule has 0 aromatic heterocycles. The van der Waals surface area contributed by atoms with Crippen molar-refractivity contribution in [1.29, 1.82) is 0 Å². The van der Waals surface area contributed by atoms with E-state index in [1.807, 2.05) is 6.92 Å². The highest BCUT2D eigenvalue weighted by Crippen LogP contribution is 2.43. The fraction of sp³-hybridized carbons (Fsp3) is 0.846. The number of nitrogens with one attached hydrogen (secondary N) is 1. The van der Waals surface area contributed by atoms with Crippen LogP contribution in [0, 0.1) is 11.3 Å². The van der Waals surface area contributed by atoms with E-state index in [-0.39, 0.29) is 38.1 Å². The lowest BCUT2D eigenvalue weighted by Gasteiger charge is -2.24. The van der Waals surface area contributed by atoms with Crippen LogP contribution in [0.1, 0.15) is 19.8 Å². The molecule has 2 saturated heterocycles. The van der Waals surface area contributed by atoms with Crippen molar-refractivity contribution in [1.82, 2.24) is 14.5 Å². The summed E-state index contributed by atoms with van der Waals surface area (Å²) in [5.74, 6) is -1.40. The second kappa shape index (κ2) is 6.04. The molecule has 0 radical (unpaired) electrons.